The van der Waals surface area contributed by atoms with E-state index in [9.17, 15) is 9.59 Å². The lowest BCUT2D eigenvalue weighted by Crippen LogP contribution is -2.51. The number of halogens is 1. The van der Waals surface area contributed by atoms with Crippen LogP contribution in [0.3, 0.4) is 0 Å². The van der Waals surface area contributed by atoms with Crippen molar-refractivity contribution in [3.63, 3.8) is 0 Å². The molecule has 2 amide bonds. The van der Waals surface area contributed by atoms with Gasteiger partial charge in [-0.25, -0.2) is 0 Å². The van der Waals surface area contributed by atoms with E-state index in [0.717, 1.165) is 23.1 Å². The van der Waals surface area contributed by atoms with Crippen LogP contribution in [-0.4, -0.2) is 28.8 Å². The Bertz CT molecular complexity index is 864. The van der Waals surface area contributed by atoms with Gasteiger partial charge in [-0.05, 0) is 68.0 Å². The Hall–Kier alpha value is -2.33. The molecule has 0 heterocycles. The minimum absolute atomic E-state index is 0.0562. The van der Waals surface area contributed by atoms with Crippen LogP contribution < -0.4 is 5.32 Å². The summed E-state index contributed by atoms with van der Waals surface area (Å²) in [4.78, 5) is 28.0. The summed E-state index contributed by atoms with van der Waals surface area (Å²) < 4.78 is 0. The van der Waals surface area contributed by atoms with E-state index in [1.165, 1.54) is 5.56 Å². The van der Waals surface area contributed by atoms with Gasteiger partial charge in [0, 0.05) is 17.6 Å². The normalized spacial score (nSPS) is 12.9. The quantitative estimate of drug-likeness (QED) is 0.595. The third-order valence-corrected chi connectivity index (χ3v) is 5.83. The van der Waals surface area contributed by atoms with Gasteiger partial charge in [-0.2, -0.15) is 0 Å². The molecule has 0 unspecified atom stereocenters. The van der Waals surface area contributed by atoms with Crippen molar-refractivity contribution in [3.8, 4) is 0 Å². The highest BCUT2D eigenvalue weighted by atomic mass is 35.5. The van der Waals surface area contributed by atoms with Gasteiger partial charge in [0.25, 0.3) is 0 Å². The second kappa shape index (κ2) is 11.2. The molecule has 2 aromatic rings. The highest BCUT2D eigenvalue weighted by molar-refractivity contribution is 6.30. The Balaban J connectivity index is 2.30. The molecule has 0 saturated carbocycles. The zero-order chi connectivity index (χ0) is 22.3. The summed E-state index contributed by atoms with van der Waals surface area (Å²) >= 11 is 6.01. The molecule has 1 N–H and O–H groups in total. The number of hydrogen-bond donors (Lipinski definition) is 1. The first-order valence-electron chi connectivity index (χ1n) is 10.7. The smallest absolute Gasteiger partial charge is 0.243 e. The molecular weight excluding hydrogens is 396 g/mol. The van der Waals surface area contributed by atoms with Crippen molar-refractivity contribution in [2.45, 2.75) is 72.5 Å². The van der Waals surface area contributed by atoms with Crippen LogP contribution in [0.2, 0.25) is 5.02 Å². The molecule has 0 aliphatic heterocycles. The number of carbonyl (C=O) groups excluding carboxylic acids is 2. The number of rotatable bonds is 9. The van der Waals surface area contributed by atoms with Gasteiger partial charge in [0.1, 0.15) is 6.04 Å². The Labute approximate surface area is 185 Å². The summed E-state index contributed by atoms with van der Waals surface area (Å²) in [6, 6.07) is 13.0. The number of amides is 2. The third-order valence-electron chi connectivity index (χ3n) is 5.58. The highest BCUT2D eigenvalue weighted by Gasteiger charge is 2.29. The topological polar surface area (TPSA) is 49.4 Å². The van der Waals surface area contributed by atoms with Crippen LogP contribution in [-0.2, 0) is 22.6 Å². The highest BCUT2D eigenvalue weighted by Crippen LogP contribution is 2.18. The number of hydrogen-bond acceptors (Lipinski definition) is 2. The molecular formula is C25H33ClN2O2. The molecule has 0 aliphatic rings. The summed E-state index contributed by atoms with van der Waals surface area (Å²) in [5.41, 5.74) is 4.26. The molecule has 2 rings (SSSR count). The zero-order valence-corrected chi connectivity index (χ0v) is 19.4. The molecule has 5 heteroatoms. The van der Waals surface area contributed by atoms with Gasteiger partial charge in [0.05, 0.1) is 6.42 Å². The van der Waals surface area contributed by atoms with Crippen LogP contribution in [0.5, 0.6) is 0 Å². The Morgan fingerprint density at radius 2 is 1.60 bits per heavy atom. The molecule has 30 heavy (non-hydrogen) atoms. The first-order valence-corrected chi connectivity index (χ1v) is 11.0. The third kappa shape index (κ3) is 6.60. The largest absolute Gasteiger partial charge is 0.352 e. The standard InChI is InChI=1S/C25H33ClN2O2/c1-6-19(5)27-25(30)23(7-2)28(16-20-10-12-22(26)13-11-20)24(29)15-21-9-8-17(3)18(4)14-21/h8-14,19,23H,6-7,15-16H2,1-5H3,(H,27,30)/t19-,23+/m1/s1. The maximum atomic E-state index is 13.4. The summed E-state index contributed by atoms with van der Waals surface area (Å²) in [6.45, 7) is 10.4. The second-order valence-electron chi connectivity index (χ2n) is 7.99. The van der Waals surface area contributed by atoms with E-state index in [-0.39, 0.29) is 24.3 Å². The van der Waals surface area contributed by atoms with Crippen LogP contribution in [0.1, 0.15) is 55.9 Å². The molecule has 162 valence electrons. The van der Waals surface area contributed by atoms with Crippen LogP contribution in [0.15, 0.2) is 42.5 Å². The van der Waals surface area contributed by atoms with Gasteiger partial charge in [-0.1, -0.05) is 55.8 Å². The summed E-state index contributed by atoms with van der Waals surface area (Å²) in [5, 5.41) is 3.68. The van der Waals surface area contributed by atoms with E-state index >= 15 is 0 Å². The fourth-order valence-electron chi connectivity index (χ4n) is 3.34. The first-order chi connectivity index (χ1) is 14.2. The summed E-state index contributed by atoms with van der Waals surface area (Å²) in [7, 11) is 0. The first kappa shape index (κ1) is 23.9. The Morgan fingerprint density at radius 3 is 2.17 bits per heavy atom. The fraction of sp³-hybridized carbons (Fsp3) is 0.440. The Kier molecular flexibility index (Phi) is 8.91. The van der Waals surface area contributed by atoms with Crippen LogP contribution in [0.25, 0.3) is 0 Å². The molecule has 0 aromatic heterocycles. The minimum Gasteiger partial charge on any atom is -0.352 e. The Morgan fingerprint density at radius 1 is 0.967 bits per heavy atom. The van der Waals surface area contributed by atoms with Gasteiger partial charge in [-0.3, -0.25) is 9.59 Å². The maximum absolute atomic E-state index is 13.4. The molecule has 0 bridgehead atoms. The lowest BCUT2D eigenvalue weighted by atomic mass is 10.0. The number of nitrogens with one attached hydrogen (secondary N) is 1. The van der Waals surface area contributed by atoms with Gasteiger partial charge in [0.15, 0.2) is 0 Å². The summed E-state index contributed by atoms with van der Waals surface area (Å²) in [6.07, 6.45) is 1.66. The monoisotopic (exact) mass is 428 g/mol. The zero-order valence-electron chi connectivity index (χ0n) is 18.7. The van der Waals surface area contributed by atoms with Crippen molar-refractivity contribution in [1.82, 2.24) is 10.2 Å². The molecule has 0 radical (unpaired) electrons. The number of benzene rings is 2. The van der Waals surface area contributed by atoms with Crippen LogP contribution in [0.4, 0.5) is 0 Å². The molecule has 0 saturated heterocycles. The van der Waals surface area contributed by atoms with E-state index < -0.39 is 6.04 Å². The van der Waals surface area contributed by atoms with Crippen molar-refractivity contribution in [2.75, 3.05) is 0 Å². The fourth-order valence-corrected chi connectivity index (χ4v) is 3.46. The maximum Gasteiger partial charge on any atom is 0.243 e. The minimum atomic E-state index is -0.520. The molecule has 0 fully saturated rings. The van der Waals surface area contributed by atoms with Gasteiger partial charge in [-0.15, -0.1) is 0 Å². The van der Waals surface area contributed by atoms with Gasteiger partial charge in [0.2, 0.25) is 11.8 Å². The SMILES string of the molecule is CC[C@@H](C)NC(=O)[C@H](CC)N(Cc1ccc(Cl)cc1)C(=O)Cc1ccc(C)c(C)c1. The van der Waals surface area contributed by atoms with E-state index in [1.807, 2.05) is 70.2 Å². The number of carbonyl (C=O) groups is 2. The molecule has 2 atom stereocenters. The van der Waals surface area contributed by atoms with Gasteiger partial charge >= 0.3 is 0 Å². The van der Waals surface area contributed by atoms with E-state index in [1.54, 1.807) is 4.90 Å². The van der Waals surface area contributed by atoms with E-state index in [2.05, 4.69) is 12.2 Å². The molecule has 4 nitrogen and oxygen atoms in total. The summed E-state index contributed by atoms with van der Waals surface area (Å²) in [5.74, 6) is -0.159. The predicted molar refractivity (Wildman–Crippen MR) is 124 cm³/mol. The van der Waals surface area contributed by atoms with Crippen molar-refractivity contribution in [2.24, 2.45) is 0 Å². The van der Waals surface area contributed by atoms with Crippen LogP contribution >= 0.6 is 11.6 Å². The molecule has 0 aliphatic carbocycles. The average Bonchev–Trinajstić information content (AvgIpc) is 2.71. The van der Waals surface area contributed by atoms with Crippen molar-refractivity contribution in [3.05, 3.63) is 69.7 Å². The average molecular weight is 429 g/mol. The number of aryl methyl sites for hydroxylation is 2. The van der Waals surface area contributed by atoms with Gasteiger partial charge < -0.3 is 10.2 Å². The molecule has 0 spiro atoms. The number of nitrogens with zero attached hydrogens (tertiary/aromatic N) is 1. The lowest BCUT2D eigenvalue weighted by molar-refractivity contribution is -0.141. The predicted octanol–water partition coefficient (Wildman–Crippen LogP) is 5.22. The molecule has 2 aromatic carbocycles. The lowest BCUT2D eigenvalue weighted by Gasteiger charge is -2.31. The van der Waals surface area contributed by atoms with Crippen LogP contribution in [0, 0.1) is 13.8 Å². The van der Waals surface area contributed by atoms with Crippen molar-refractivity contribution >= 4 is 23.4 Å². The van der Waals surface area contributed by atoms with Crippen molar-refractivity contribution in [1.29, 1.82) is 0 Å². The van der Waals surface area contributed by atoms with E-state index in [4.69, 9.17) is 11.6 Å². The second-order valence-corrected chi connectivity index (χ2v) is 8.42. The van der Waals surface area contributed by atoms with Crippen molar-refractivity contribution < 1.29 is 9.59 Å². The van der Waals surface area contributed by atoms with E-state index in [0.29, 0.717) is 18.0 Å².